The van der Waals surface area contributed by atoms with Crippen molar-refractivity contribution in [1.29, 1.82) is 0 Å². The molecule has 0 radical (unpaired) electrons. The van der Waals surface area contributed by atoms with Crippen molar-refractivity contribution in [3.8, 4) is 5.75 Å². The second kappa shape index (κ2) is 9.76. The van der Waals surface area contributed by atoms with Gasteiger partial charge in [-0.25, -0.2) is 9.59 Å². The third-order valence-electron chi connectivity index (χ3n) is 4.19. The van der Waals surface area contributed by atoms with Crippen LogP contribution >= 0.6 is 0 Å². The number of piperidine rings is 1. The molecule has 138 valence electrons. The van der Waals surface area contributed by atoms with Crippen molar-refractivity contribution < 1.29 is 19.1 Å². The fourth-order valence-electron chi connectivity index (χ4n) is 2.81. The van der Waals surface area contributed by atoms with Gasteiger partial charge in [-0.15, -0.1) is 0 Å². The van der Waals surface area contributed by atoms with E-state index in [1.165, 1.54) is 0 Å². The molecule has 0 aromatic heterocycles. The molecule has 25 heavy (non-hydrogen) atoms. The van der Waals surface area contributed by atoms with Crippen LogP contribution in [0.5, 0.6) is 5.75 Å². The summed E-state index contributed by atoms with van der Waals surface area (Å²) >= 11 is 0. The molecule has 0 saturated carbocycles. The summed E-state index contributed by atoms with van der Waals surface area (Å²) in [5.41, 5.74) is 1.11. The minimum Gasteiger partial charge on any atom is -0.497 e. The lowest BCUT2D eigenvalue weighted by molar-refractivity contribution is 0.0957. The van der Waals surface area contributed by atoms with Gasteiger partial charge in [0, 0.05) is 25.7 Å². The zero-order chi connectivity index (χ0) is 18.1. The number of ether oxygens (including phenoxy) is 2. The molecule has 1 aliphatic rings. The van der Waals surface area contributed by atoms with E-state index in [0.717, 1.165) is 30.6 Å². The summed E-state index contributed by atoms with van der Waals surface area (Å²) in [4.78, 5) is 25.3. The lowest BCUT2D eigenvalue weighted by atomic mass is 10.1. The van der Waals surface area contributed by atoms with Crippen molar-refractivity contribution in [2.24, 2.45) is 0 Å². The van der Waals surface area contributed by atoms with Crippen molar-refractivity contribution in [2.75, 3.05) is 33.4 Å². The summed E-state index contributed by atoms with van der Waals surface area (Å²) in [5, 5.41) is 5.84. The number of carbonyl (C=O) groups is 2. The number of rotatable bonds is 6. The van der Waals surface area contributed by atoms with Crippen LogP contribution in [0.25, 0.3) is 0 Å². The normalized spacial score (nSPS) is 14.7. The van der Waals surface area contributed by atoms with E-state index in [2.05, 4.69) is 10.6 Å². The summed E-state index contributed by atoms with van der Waals surface area (Å²) in [6, 6.07) is 7.72. The Kier molecular flexibility index (Phi) is 7.37. The quantitative estimate of drug-likeness (QED) is 0.825. The zero-order valence-corrected chi connectivity index (χ0v) is 14.9. The van der Waals surface area contributed by atoms with Crippen LogP contribution in [0.4, 0.5) is 9.59 Å². The second-order valence-corrected chi connectivity index (χ2v) is 5.96. The summed E-state index contributed by atoms with van der Waals surface area (Å²) in [6.07, 6.45) is 1.94. The molecule has 7 heteroatoms. The maximum Gasteiger partial charge on any atom is 0.409 e. The molecule has 0 bridgehead atoms. The number of hydrogen-bond donors (Lipinski definition) is 2. The first-order chi connectivity index (χ1) is 12.1. The molecular formula is C18H27N3O4. The van der Waals surface area contributed by atoms with Crippen LogP contribution < -0.4 is 15.4 Å². The van der Waals surface area contributed by atoms with Gasteiger partial charge in [0.05, 0.1) is 13.7 Å². The number of carbonyl (C=O) groups excluding carboxylic acids is 2. The Balaban J connectivity index is 1.65. The van der Waals surface area contributed by atoms with Gasteiger partial charge in [-0.3, -0.25) is 0 Å². The Bertz CT molecular complexity index is 571. The average molecular weight is 349 g/mol. The fraction of sp³-hybridized carbons (Fsp3) is 0.556. The highest BCUT2D eigenvalue weighted by molar-refractivity contribution is 5.74. The molecule has 1 heterocycles. The number of hydrogen-bond acceptors (Lipinski definition) is 4. The number of methoxy groups -OCH3 is 1. The summed E-state index contributed by atoms with van der Waals surface area (Å²) in [7, 11) is 1.64. The van der Waals surface area contributed by atoms with E-state index in [9.17, 15) is 9.59 Å². The van der Waals surface area contributed by atoms with Crippen molar-refractivity contribution in [3.63, 3.8) is 0 Å². The van der Waals surface area contributed by atoms with Crippen LogP contribution in [0.2, 0.25) is 0 Å². The van der Waals surface area contributed by atoms with E-state index in [0.29, 0.717) is 26.2 Å². The smallest absolute Gasteiger partial charge is 0.409 e. The lowest BCUT2D eigenvalue weighted by Gasteiger charge is -2.31. The maximum absolute atomic E-state index is 12.0. The SMILES string of the molecule is CCOC(=O)N1CCC(NC(=O)NCCc2cccc(OC)c2)CC1. The third kappa shape index (κ3) is 6.17. The predicted molar refractivity (Wildman–Crippen MR) is 94.8 cm³/mol. The molecule has 1 aromatic carbocycles. The van der Waals surface area contributed by atoms with Crippen LogP contribution in [0, 0.1) is 0 Å². The highest BCUT2D eigenvalue weighted by atomic mass is 16.6. The van der Waals surface area contributed by atoms with Gasteiger partial charge in [0.2, 0.25) is 0 Å². The number of nitrogens with one attached hydrogen (secondary N) is 2. The first-order valence-electron chi connectivity index (χ1n) is 8.71. The first kappa shape index (κ1) is 18.9. The molecule has 1 aromatic rings. The molecular weight excluding hydrogens is 322 g/mol. The minimum atomic E-state index is -0.274. The van der Waals surface area contributed by atoms with E-state index in [1.807, 2.05) is 24.3 Å². The van der Waals surface area contributed by atoms with Crippen LogP contribution in [0.15, 0.2) is 24.3 Å². The molecule has 2 N–H and O–H groups in total. The van der Waals surface area contributed by atoms with Crippen LogP contribution in [0.3, 0.4) is 0 Å². The molecule has 0 atom stereocenters. The summed E-state index contributed by atoms with van der Waals surface area (Å²) in [6.45, 7) is 3.94. The predicted octanol–water partition coefficient (Wildman–Crippen LogP) is 2.16. The number of urea groups is 1. The molecule has 3 amide bonds. The van der Waals surface area contributed by atoms with Gasteiger partial charge in [-0.1, -0.05) is 12.1 Å². The van der Waals surface area contributed by atoms with Crippen molar-refractivity contribution in [2.45, 2.75) is 32.2 Å². The van der Waals surface area contributed by atoms with Gasteiger partial charge >= 0.3 is 12.1 Å². The number of amides is 3. The Morgan fingerprint density at radius 3 is 2.72 bits per heavy atom. The largest absolute Gasteiger partial charge is 0.497 e. The maximum atomic E-state index is 12.0. The van der Waals surface area contributed by atoms with E-state index in [1.54, 1.807) is 18.9 Å². The second-order valence-electron chi connectivity index (χ2n) is 5.96. The van der Waals surface area contributed by atoms with Crippen molar-refractivity contribution >= 4 is 12.1 Å². The third-order valence-corrected chi connectivity index (χ3v) is 4.19. The molecule has 1 saturated heterocycles. The summed E-state index contributed by atoms with van der Waals surface area (Å²) in [5.74, 6) is 0.815. The Hall–Kier alpha value is -2.44. The molecule has 1 aliphatic heterocycles. The lowest BCUT2D eigenvalue weighted by Crippen LogP contribution is -2.49. The number of nitrogens with zero attached hydrogens (tertiary/aromatic N) is 1. The Morgan fingerprint density at radius 1 is 1.28 bits per heavy atom. The average Bonchev–Trinajstić information content (AvgIpc) is 2.62. The van der Waals surface area contributed by atoms with Gasteiger partial charge < -0.3 is 25.0 Å². The van der Waals surface area contributed by atoms with Crippen molar-refractivity contribution in [3.05, 3.63) is 29.8 Å². The van der Waals surface area contributed by atoms with Crippen LogP contribution in [-0.2, 0) is 11.2 Å². The molecule has 7 nitrogen and oxygen atoms in total. The highest BCUT2D eigenvalue weighted by Gasteiger charge is 2.24. The monoisotopic (exact) mass is 349 g/mol. The molecule has 0 unspecified atom stereocenters. The van der Waals surface area contributed by atoms with E-state index in [-0.39, 0.29) is 18.2 Å². The van der Waals surface area contributed by atoms with Gasteiger partial charge in [-0.05, 0) is 43.9 Å². The Morgan fingerprint density at radius 2 is 2.04 bits per heavy atom. The summed E-state index contributed by atoms with van der Waals surface area (Å²) < 4.78 is 10.2. The molecule has 0 aliphatic carbocycles. The first-order valence-corrected chi connectivity index (χ1v) is 8.71. The van der Waals surface area contributed by atoms with Gasteiger partial charge in [0.1, 0.15) is 5.75 Å². The number of benzene rings is 1. The fourth-order valence-corrected chi connectivity index (χ4v) is 2.81. The van der Waals surface area contributed by atoms with E-state index >= 15 is 0 Å². The minimum absolute atomic E-state index is 0.0856. The zero-order valence-electron chi connectivity index (χ0n) is 14.9. The van der Waals surface area contributed by atoms with Gasteiger partial charge in [-0.2, -0.15) is 0 Å². The van der Waals surface area contributed by atoms with Crippen molar-refractivity contribution in [1.82, 2.24) is 15.5 Å². The standard InChI is InChI=1S/C18H27N3O4/c1-3-25-18(23)21-11-8-15(9-12-21)20-17(22)19-10-7-14-5-4-6-16(13-14)24-2/h4-6,13,15H,3,7-12H2,1-2H3,(H2,19,20,22). The van der Waals surface area contributed by atoms with Crippen LogP contribution in [-0.4, -0.2) is 56.4 Å². The molecule has 2 rings (SSSR count). The van der Waals surface area contributed by atoms with Crippen LogP contribution in [0.1, 0.15) is 25.3 Å². The van der Waals surface area contributed by atoms with E-state index in [4.69, 9.17) is 9.47 Å². The highest BCUT2D eigenvalue weighted by Crippen LogP contribution is 2.13. The van der Waals surface area contributed by atoms with Gasteiger partial charge in [0.15, 0.2) is 0 Å². The number of likely N-dealkylation sites (tertiary alicyclic amines) is 1. The molecule has 1 fully saturated rings. The van der Waals surface area contributed by atoms with E-state index < -0.39 is 0 Å². The molecule has 0 spiro atoms. The van der Waals surface area contributed by atoms with Gasteiger partial charge in [0.25, 0.3) is 0 Å². The Labute approximate surface area is 148 Å². The topological polar surface area (TPSA) is 79.9 Å².